The summed E-state index contributed by atoms with van der Waals surface area (Å²) in [4.78, 5) is 12.8. The number of ether oxygens (including phenoxy) is 2. The molecule has 0 aromatic heterocycles. The first-order valence-electron chi connectivity index (χ1n) is 8.90. The Bertz CT molecular complexity index is 606. The number of hydrogen-bond donors (Lipinski definition) is 1. The van der Waals surface area contributed by atoms with Gasteiger partial charge in [0.25, 0.3) is 5.91 Å². The molecule has 4 nitrogen and oxygen atoms in total. The molecule has 6 rings (SSSR count). The molecule has 122 valence electrons. The van der Waals surface area contributed by atoms with Crippen LogP contribution in [0.1, 0.15) is 38.5 Å². The van der Waals surface area contributed by atoms with Crippen LogP contribution in [0.25, 0.3) is 0 Å². The molecule has 0 saturated heterocycles. The van der Waals surface area contributed by atoms with Crippen molar-refractivity contribution in [2.24, 2.45) is 17.8 Å². The summed E-state index contributed by atoms with van der Waals surface area (Å²) in [6.07, 6.45) is 7.10. The minimum atomic E-state index is -0.530. The summed E-state index contributed by atoms with van der Waals surface area (Å²) in [5, 5.41) is 3.38. The lowest BCUT2D eigenvalue weighted by atomic mass is 9.53. The molecule has 5 aliphatic rings. The SMILES string of the molecule is O=C(NC12CC3CC(CC(C3)C1)C2)[C@@H]1COc2ccccc2O1. The Morgan fingerprint density at radius 3 is 2.26 bits per heavy atom. The number of hydrogen-bond acceptors (Lipinski definition) is 3. The average molecular weight is 313 g/mol. The first-order chi connectivity index (χ1) is 11.2. The maximum absolute atomic E-state index is 12.8. The van der Waals surface area contributed by atoms with Crippen LogP contribution in [0.3, 0.4) is 0 Å². The van der Waals surface area contributed by atoms with E-state index in [1.165, 1.54) is 19.3 Å². The van der Waals surface area contributed by atoms with Crippen LogP contribution in [-0.4, -0.2) is 24.2 Å². The molecule has 1 amide bonds. The molecule has 1 N–H and O–H groups in total. The molecule has 1 heterocycles. The molecule has 0 radical (unpaired) electrons. The summed E-state index contributed by atoms with van der Waals surface area (Å²) >= 11 is 0. The van der Waals surface area contributed by atoms with Crippen molar-refractivity contribution in [3.63, 3.8) is 0 Å². The van der Waals surface area contributed by atoms with E-state index in [4.69, 9.17) is 9.47 Å². The summed E-state index contributed by atoms with van der Waals surface area (Å²) in [6.45, 7) is 0.301. The Hall–Kier alpha value is -1.71. The molecule has 1 atom stereocenters. The van der Waals surface area contributed by atoms with Crippen LogP contribution in [0, 0.1) is 17.8 Å². The zero-order valence-corrected chi connectivity index (χ0v) is 13.3. The van der Waals surface area contributed by atoms with Gasteiger partial charge in [0.15, 0.2) is 11.5 Å². The van der Waals surface area contributed by atoms with Crippen LogP contribution >= 0.6 is 0 Å². The molecule has 0 unspecified atom stereocenters. The first-order valence-corrected chi connectivity index (χ1v) is 8.90. The third kappa shape index (κ3) is 2.30. The Morgan fingerprint density at radius 2 is 1.61 bits per heavy atom. The molecular weight excluding hydrogens is 290 g/mol. The van der Waals surface area contributed by atoms with Gasteiger partial charge in [-0.25, -0.2) is 0 Å². The molecule has 4 heteroatoms. The van der Waals surface area contributed by atoms with Gasteiger partial charge >= 0.3 is 0 Å². The van der Waals surface area contributed by atoms with Crippen molar-refractivity contribution in [2.75, 3.05) is 6.61 Å². The van der Waals surface area contributed by atoms with Crippen molar-refractivity contribution in [1.82, 2.24) is 5.32 Å². The van der Waals surface area contributed by atoms with Crippen LogP contribution in [0.2, 0.25) is 0 Å². The average Bonchev–Trinajstić information content (AvgIpc) is 2.52. The summed E-state index contributed by atoms with van der Waals surface area (Å²) in [6, 6.07) is 7.56. The molecule has 4 aliphatic carbocycles. The molecule has 4 fully saturated rings. The highest BCUT2D eigenvalue weighted by atomic mass is 16.6. The highest BCUT2D eigenvalue weighted by Crippen LogP contribution is 2.55. The Labute approximate surface area is 136 Å². The highest BCUT2D eigenvalue weighted by Gasteiger charge is 2.52. The van der Waals surface area contributed by atoms with E-state index in [-0.39, 0.29) is 11.4 Å². The molecule has 0 spiro atoms. The summed E-state index contributed by atoms with van der Waals surface area (Å²) in [7, 11) is 0. The van der Waals surface area contributed by atoms with Crippen LogP contribution in [0.4, 0.5) is 0 Å². The number of fused-ring (bicyclic) bond motifs is 1. The lowest BCUT2D eigenvalue weighted by Gasteiger charge is -2.57. The fourth-order valence-corrected chi connectivity index (χ4v) is 5.75. The van der Waals surface area contributed by atoms with E-state index in [1.807, 2.05) is 24.3 Å². The van der Waals surface area contributed by atoms with Crippen molar-refractivity contribution >= 4 is 5.91 Å². The van der Waals surface area contributed by atoms with Crippen LogP contribution in [0.5, 0.6) is 11.5 Å². The van der Waals surface area contributed by atoms with E-state index < -0.39 is 6.10 Å². The second-order valence-corrected chi connectivity index (χ2v) is 8.05. The van der Waals surface area contributed by atoms with Crippen LogP contribution < -0.4 is 14.8 Å². The number of carbonyl (C=O) groups is 1. The minimum absolute atomic E-state index is 0.00135. The third-order valence-corrected chi connectivity index (χ3v) is 6.23. The molecular formula is C19H23NO3. The van der Waals surface area contributed by atoms with Gasteiger partial charge in [-0.1, -0.05) is 12.1 Å². The monoisotopic (exact) mass is 313 g/mol. The van der Waals surface area contributed by atoms with Crippen LogP contribution in [-0.2, 0) is 4.79 Å². The number of nitrogens with one attached hydrogen (secondary N) is 1. The molecule has 4 bridgehead atoms. The van der Waals surface area contributed by atoms with Gasteiger partial charge in [0.2, 0.25) is 6.10 Å². The fourth-order valence-electron chi connectivity index (χ4n) is 5.75. The van der Waals surface area contributed by atoms with E-state index in [9.17, 15) is 4.79 Å². The van der Waals surface area contributed by atoms with Crippen molar-refractivity contribution in [3.05, 3.63) is 24.3 Å². The van der Waals surface area contributed by atoms with Gasteiger partial charge in [0.1, 0.15) is 6.61 Å². The number of amides is 1. The van der Waals surface area contributed by atoms with Crippen molar-refractivity contribution in [3.8, 4) is 11.5 Å². The number of carbonyl (C=O) groups excluding carboxylic acids is 1. The van der Waals surface area contributed by atoms with Crippen molar-refractivity contribution < 1.29 is 14.3 Å². The van der Waals surface area contributed by atoms with Gasteiger partial charge < -0.3 is 14.8 Å². The zero-order valence-electron chi connectivity index (χ0n) is 13.3. The maximum atomic E-state index is 12.8. The Kier molecular flexibility index (Phi) is 2.91. The first kappa shape index (κ1) is 13.7. The number of rotatable bonds is 2. The standard InChI is InChI=1S/C19H23NO3/c21-18(17-11-22-15-3-1-2-4-16(15)23-17)20-19-8-12-5-13(9-19)7-14(6-12)10-19/h1-4,12-14,17H,5-11H2,(H,20,21)/t12?,13?,14?,17-,19?/m0/s1. The van der Waals surface area contributed by atoms with Gasteiger partial charge in [-0.2, -0.15) is 0 Å². The molecule has 23 heavy (non-hydrogen) atoms. The highest BCUT2D eigenvalue weighted by molar-refractivity contribution is 5.82. The summed E-state index contributed by atoms with van der Waals surface area (Å²) in [5.41, 5.74) is 0.0339. The van der Waals surface area contributed by atoms with E-state index in [2.05, 4.69) is 5.32 Å². The normalized spacial score (nSPS) is 40.0. The number of benzene rings is 1. The van der Waals surface area contributed by atoms with E-state index in [1.54, 1.807) is 0 Å². The third-order valence-electron chi connectivity index (χ3n) is 6.23. The number of para-hydroxylation sites is 2. The lowest BCUT2D eigenvalue weighted by Crippen LogP contribution is -2.62. The summed E-state index contributed by atoms with van der Waals surface area (Å²) in [5.74, 6) is 3.87. The van der Waals surface area contributed by atoms with Gasteiger partial charge in [-0.15, -0.1) is 0 Å². The second-order valence-electron chi connectivity index (χ2n) is 8.05. The molecule has 1 aromatic carbocycles. The predicted molar refractivity (Wildman–Crippen MR) is 85.4 cm³/mol. The maximum Gasteiger partial charge on any atom is 0.265 e. The Morgan fingerprint density at radius 1 is 1.00 bits per heavy atom. The van der Waals surface area contributed by atoms with E-state index in [0.29, 0.717) is 12.4 Å². The van der Waals surface area contributed by atoms with E-state index >= 15 is 0 Å². The topological polar surface area (TPSA) is 47.6 Å². The van der Waals surface area contributed by atoms with Crippen molar-refractivity contribution in [1.29, 1.82) is 0 Å². The zero-order chi connectivity index (χ0) is 15.4. The van der Waals surface area contributed by atoms with Gasteiger partial charge in [-0.05, 0) is 68.4 Å². The van der Waals surface area contributed by atoms with Gasteiger partial charge in [0.05, 0.1) is 0 Å². The van der Waals surface area contributed by atoms with Gasteiger partial charge in [-0.3, -0.25) is 4.79 Å². The van der Waals surface area contributed by atoms with Gasteiger partial charge in [0, 0.05) is 5.54 Å². The molecule has 4 saturated carbocycles. The quantitative estimate of drug-likeness (QED) is 0.913. The fraction of sp³-hybridized carbons (Fsp3) is 0.632. The predicted octanol–water partition coefficient (Wildman–Crippen LogP) is 2.91. The summed E-state index contributed by atoms with van der Waals surface area (Å²) < 4.78 is 11.6. The smallest absolute Gasteiger partial charge is 0.265 e. The molecule has 1 aliphatic heterocycles. The van der Waals surface area contributed by atoms with Crippen molar-refractivity contribution in [2.45, 2.75) is 50.2 Å². The minimum Gasteiger partial charge on any atom is -0.485 e. The van der Waals surface area contributed by atoms with E-state index in [0.717, 1.165) is 42.8 Å². The second kappa shape index (κ2) is 4.89. The lowest BCUT2D eigenvalue weighted by molar-refractivity contribution is -0.136. The van der Waals surface area contributed by atoms with Crippen LogP contribution in [0.15, 0.2) is 24.3 Å². The largest absolute Gasteiger partial charge is 0.485 e. The molecule has 1 aromatic rings. The Balaban J connectivity index is 1.31.